The van der Waals surface area contributed by atoms with Gasteiger partial charge < -0.3 is 78.2 Å². The van der Waals surface area contributed by atoms with Crippen molar-refractivity contribution >= 4 is 82.8 Å². The Hall–Kier alpha value is -8.20. The molecule has 6 atom stereocenters. The maximum atomic E-state index is 14.4. The summed E-state index contributed by atoms with van der Waals surface area (Å²) in [7, 11) is 1.21. The number of rotatable bonds is 32. The van der Waals surface area contributed by atoms with Crippen LogP contribution < -0.4 is 58.5 Å². The predicted octanol–water partition coefficient (Wildman–Crippen LogP) is 2.82. The van der Waals surface area contributed by atoms with Crippen LogP contribution >= 0.6 is 0 Å². The lowest BCUT2D eigenvalue weighted by molar-refractivity contribution is -0.146. The number of esters is 1. The summed E-state index contributed by atoms with van der Waals surface area (Å²) in [6.45, 7) is 24.1. The summed E-state index contributed by atoms with van der Waals surface area (Å²) in [4.78, 5) is 161. The maximum absolute atomic E-state index is 14.4. The van der Waals surface area contributed by atoms with Gasteiger partial charge in [0.2, 0.25) is 59.1 Å². The smallest absolute Gasteiger partial charge is 0.408 e. The van der Waals surface area contributed by atoms with Crippen molar-refractivity contribution in [2.75, 3.05) is 39.9 Å². The molecule has 1 unspecified atom stereocenters. The molecule has 1 aliphatic heterocycles. The Bertz CT molecular complexity index is 3020. The Kier molecular flexibility index (Phi) is 27.5. The molecule has 11 amide bonds. The number of hydrogen-bond acceptors (Lipinski definition) is 16. The van der Waals surface area contributed by atoms with Gasteiger partial charge in [0, 0.05) is 17.0 Å². The number of carbonyl (C=O) groups is 12. The van der Waals surface area contributed by atoms with Crippen LogP contribution in [0.2, 0.25) is 0 Å². The van der Waals surface area contributed by atoms with Gasteiger partial charge in [-0.1, -0.05) is 104 Å². The summed E-state index contributed by atoms with van der Waals surface area (Å²) in [5.74, 6) is -9.10. The number of hydrogen-bond donors (Lipinski definition) is 11. The zero-order valence-electron chi connectivity index (χ0n) is 57.2. The largest absolute Gasteiger partial charge is 0.784 e. The van der Waals surface area contributed by atoms with Crippen molar-refractivity contribution in [2.24, 2.45) is 29.6 Å². The summed E-state index contributed by atoms with van der Waals surface area (Å²) < 4.78 is 10.6. The fourth-order valence-corrected chi connectivity index (χ4v) is 11.7. The molecule has 4 rings (SSSR count). The number of alkyl carbamates (subject to hydrolysis) is 1. The second-order valence-electron chi connectivity index (χ2n) is 28.0. The molecule has 1 fully saturated rings. The van der Waals surface area contributed by atoms with Crippen LogP contribution in [-0.4, -0.2) is 168 Å². The maximum Gasteiger partial charge on any atom is 0.408 e. The number of nitrogens with zero attached hydrogens (tertiary/aromatic N) is 1. The third-order valence-electron chi connectivity index (χ3n) is 16.3. The first-order valence-corrected chi connectivity index (χ1v) is 31.8. The minimum atomic E-state index is -1.73. The number of carbonyl (C=O) groups excluding carboxylic acids is 12. The molecule has 0 saturated carbocycles. The van der Waals surface area contributed by atoms with Crippen molar-refractivity contribution < 1.29 is 67.0 Å². The van der Waals surface area contributed by atoms with E-state index in [1.807, 2.05) is 63.3 Å². The minimum Gasteiger partial charge on any atom is -0.784 e. The number of methoxy groups -OCH3 is 1. The van der Waals surface area contributed by atoms with E-state index in [1.54, 1.807) is 62.3 Å². The van der Waals surface area contributed by atoms with Crippen molar-refractivity contribution in [3.8, 4) is 0 Å². The highest BCUT2D eigenvalue weighted by atomic mass is 16.5. The quantitative estimate of drug-likeness (QED) is 0.0462. The third-order valence-corrected chi connectivity index (χ3v) is 16.3. The molecule has 27 nitrogen and oxygen atoms in total. The second-order valence-corrected chi connectivity index (χ2v) is 28.0. The predicted molar refractivity (Wildman–Crippen MR) is 349 cm³/mol. The number of ether oxygens (including phenoxy) is 2. The summed E-state index contributed by atoms with van der Waals surface area (Å²) in [5.41, 5.74) is -3.25. The van der Waals surface area contributed by atoms with Crippen molar-refractivity contribution in [3.05, 3.63) is 64.4 Å². The number of allylic oxidation sites excluding steroid dienone is 3. The van der Waals surface area contributed by atoms with Crippen LogP contribution in [0, 0.1) is 34.8 Å². The zero-order chi connectivity index (χ0) is 70.1. The number of amides is 11. The van der Waals surface area contributed by atoms with E-state index >= 15 is 0 Å². The van der Waals surface area contributed by atoms with E-state index in [0.717, 1.165) is 27.3 Å². The van der Waals surface area contributed by atoms with Crippen molar-refractivity contribution in [2.45, 2.75) is 201 Å². The third kappa shape index (κ3) is 22.2. The molecule has 516 valence electrons. The van der Waals surface area contributed by atoms with Crippen LogP contribution in [0.1, 0.15) is 160 Å². The van der Waals surface area contributed by atoms with Crippen LogP contribution in [-0.2, 0) is 62.2 Å². The zero-order valence-corrected chi connectivity index (χ0v) is 57.2. The number of benzene rings is 1. The molecule has 93 heavy (non-hydrogen) atoms. The molecule has 1 saturated heterocycles. The van der Waals surface area contributed by atoms with Crippen molar-refractivity contribution in [1.29, 1.82) is 0 Å². The molecular weight excluding hydrogens is 1200 g/mol. The lowest BCUT2D eigenvalue weighted by Crippen LogP contribution is -2.72. The lowest BCUT2D eigenvalue weighted by atomic mass is 9.69. The van der Waals surface area contributed by atoms with Gasteiger partial charge in [-0.05, 0) is 140 Å². The topological polar surface area (TPSA) is 382 Å². The highest BCUT2D eigenvalue weighted by Crippen LogP contribution is 2.44. The van der Waals surface area contributed by atoms with Gasteiger partial charge in [-0.15, -0.1) is 0 Å². The highest BCUT2D eigenvalue weighted by molar-refractivity contribution is 6.00. The Balaban J connectivity index is 1.29. The van der Waals surface area contributed by atoms with E-state index in [1.165, 1.54) is 34.8 Å². The van der Waals surface area contributed by atoms with E-state index in [0.29, 0.717) is 12.8 Å². The Labute approximate surface area is 546 Å². The number of piperidine rings is 1. The fraction of sp³-hybridized carbons (Fsp3) is 0.636. The van der Waals surface area contributed by atoms with Gasteiger partial charge in [-0.3, -0.25) is 47.9 Å². The van der Waals surface area contributed by atoms with Crippen LogP contribution in [0.15, 0.2) is 48.1 Å². The average Bonchev–Trinajstić information content (AvgIpc) is 1.12. The van der Waals surface area contributed by atoms with E-state index in [-0.39, 0.29) is 61.9 Å². The molecule has 1 aromatic rings. The molecule has 11 N–H and O–H groups in total. The first kappa shape index (κ1) is 77.2. The highest BCUT2D eigenvalue weighted by Gasteiger charge is 2.54. The van der Waals surface area contributed by atoms with Crippen molar-refractivity contribution in [3.63, 3.8) is 0 Å². The van der Waals surface area contributed by atoms with Crippen LogP contribution in [0.25, 0.3) is 11.6 Å². The summed E-state index contributed by atoms with van der Waals surface area (Å²) >= 11 is 0. The van der Waals surface area contributed by atoms with E-state index in [4.69, 9.17) is 9.47 Å². The Morgan fingerprint density at radius 2 is 1.10 bits per heavy atom. The van der Waals surface area contributed by atoms with Gasteiger partial charge in [0.25, 0.3) is 0 Å². The number of fused-ring (bicyclic) bond motifs is 3. The molecule has 0 aromatic heterocycles. The fourth-order valence-electron chi connectivity index (χ4n) is 11.7. The molecule has 0 bridgehead atoms. The Morgan fingerprint density at radius 1 is 0.624 bits per heavy atom. The average molecular weight is 1300 g/mol. The molecule has 0 spiro atoms. The normalized spacial score (nSPS) is 17.8. The van der Waals surface area contributed by atoms with Gasteiger partial charge in [-0.25, -0.2) is 9.59 Å². The van der Waals surface area contributed by atoms with Crippen LogP contribution in [0.4, 0.5) is 4.79 Å². The lowest BCUT2D eigenvalue weighted by Gasteiger charge is -2.62. The molecule has 1 heterocycles. The van der Waals surface area contributed by atoms with Crippen LogP contribution in [0.3, 0.4) is 0 Å². The Morgan fingerprint density at radius 3 is 1.60 bits per heavy atom. The summed E-state index contributed by atoms with van der Waals surface area (Å²) in [6, 6.07) is 3.52. The van der Waals surface area contributed by atoms with Crippen LogP contribution in [0.5, 0.6) is 0 Å². The van der Waals surface area contributed by atoms with Gasteiger partial charge >= 0.3 is 12.1 Å². The van der Waals surface area contributed by atoms with E-state index < -0.39 is 149 Å². The van der Waals surface area contributed by atoms with E-state index in [9.17, 15) is 62.7 Å². The molecular formula is C66H101N12O15-. The number of hydroxylamine groups is 2. The van der Waals surface area contributed by atoms with Gasteiger partial charge in [0.1, 0.15) is 47.4 Å². The van der Waals surface area contributed by atoms with Gasteiger partial charge in [-0.2, -0.15) is 0 Å². The molecule has 3 aliphatic rings. The standard InChI is InChI=1S/C66H101N12O15/c1-18-40(8)53(56(85)73-48(28-39(6)7)57(86)92-17)74-52(82)33-69-59(88)65(15,16)76-54(83)46(26-37(2)3)71-50(80)31-67-49(79)30-68-58(87)64(13,14)75-55(84)47(27-38(4)5)72-51(81)32-70-60(89)66(35-62(9,10)78(91)63(11,12)36-66)77-61(90)93-34-42-23-21-25-44-43-24-20-19-22-41(43)29-45(42)44/h19-25,29,37-40,42,46-48,53H,18,26-28,30-36H2,1-17H3,(H,67,79)(H,68,87)(H,69,88)(H,70,89)(H,71,80)(H,72,81)(H,73,85)(H,74,82)(H,75,84)(H,76,83)(H,77,90)/q-1/t40-,42?,46-,47-,48-,53-/m0/s1. The monoisotopic (exact) mass is 1300 g/mol. The van der Waals surface area contributed by atoms with Gasteiger partial charge in [0.15, 0.2) is 0 Å². The SMILES string of the molecule is CC[C@H](C)[C@H](NC(=O)CNC(=O)C(C)(C)NC(=O)[C@H](CC(C)C)NC(=O)CNC(=O)CNC(=O)C(C)(C)NC(=O)[C@H](CC(C)C)NC(=O)CNC(=O)C1(NC(=O)OCC2C=CC=C3C2=Cc2ccccc23)CC(C)(C)N([O-])C(C)(C)C1)C(=O)N[C@@H](CC(C)C)C(=O)OC. The molecule has 27 heteroatoms. The van der Waals surface area contributed by atoms with Gasteiger partial charge in [0.05, 0.1) is 33.3 Å². The molecule has 0 radical (unpaired) electrons. The van der Waals surface area contributed by atoms with E-state index in [2.05, 4.69) is 64.6 Å². The summed E-state index contributed by atoms with van der Waals surface area (Å²) in [5, 5.41) is 42.8. The first-order chi connectivity index (χ1) is 43.2. The molecule has 1 aromatic carbocycles. The minimum absolute atomic E-state index is 0.0391. The second kappa shape index (κ2) is 33.1. The van der Waals surface area contributed by atoms with Crippen molar-refractivity contribution in [1.82, 2.24) is 63.5 Å². The first-order valence-electron chi connectivity index (χ1n) is 31.8. The summed E-state index contributed by atoms with van der Waals surface area (Å²) in [6.07, 6.45) is 7.69. The molecule has 2 aliphatic carbocycles. The number of nitrogens with one attached hydrogen (secondary N) is 11.